The van der Waals surface area contributed by atoms with E-state index in [2.05, 4.69) is 54.0 Å². The van der Waals surface area contributed by atoms with E-state index in [0.717, 1.165) is 36.6 Å². The number of hydrazone groups is 1. The molecule has 0 fully saturated rings. The van der Waals surface area contributed by atoms with Gasteiger partial charge in [-0.05, 0) is 38.0 Å². The molecule has 3 nitrogen and oxygen atoms in total. The smallest absolute Gasteiger partial charge is 0.162 e. The van der Waals surface area contributed by atoms with Gasteiger partial charge in [-0.1, -0.05) is 61.2 Å². The Hall–Kier alpha value is -2.81. The van der Waals surface area contributed by atoms with E-state index in [4.69, 9.17) is 5.10 Å². The van der Waals surface area contributed by atoms with Crippen molar-refractivity contribution in [2.75, 3.05) is 11.7 Å². The van der Waals surface area contributed by atoms with Crippen LogP contribution < -0.4 is 5.01 Å². The summed E-state index contributed by atoms with van der Waals surface area (Å²) >= 11 is 0. The Morgan fingerprint density at radius 2 is 2.04 bits per heavy atom. The maximum atomic E-state index is 4.89. The molecule has 0 aromatic heterocycles. The van der Waals surface area contributed by atoms with Crippen LogP contribution >= 0.6 is 0 Å². The zero-order chi connectivity index (χ0) is 16.8. The minimum atomic E-state index is 0.717. The minimum Gasteiger partial charge on any atom is -0.305 e. The standard InChI is InChI=1S/C21H23N3/c1-3-5-12-18(4-2)21-22-24(20-15-10-7-11-16-20)17-23(21)19-13-8-6-9-14-19/h3-5,7-8,10-16H,1,6,9,17H2,2H3/b12-5-,18-4+. The van der Waals surface area contributed by atoms with Gasteiger partial charge in [0.15, 0.2) is 5.84 Å². The number of nitrogens with zero attached hydrogens (tertiary/aromatic N) is 3. The van der Waals surface area contributed by atoms with Gasteiger partial charge in [0.2, 0.25) is 0 Å². The van der Waals surface area contributed by atoms with Crippen LogP contribution in [0.3, 0.4) is 0 Å². The molecule has 2 aliphatic rings. The summed E-state index contributed by atoms with van der Waals surface area (Å²) in [6.07, 6.45) is 16.8. The highest BCUT2D eigenvalue weighted by molar-refractivity contribution is 6.03. The molecule has 0 bridgehead atoms. The second-order valence-corrected chi connectivity index (χ2v) is 5.68. The number of benzene rings is 1. The molecule has 3 rings (SSSR count). The zero-order valence-corrected chi connectivity index (χ0v) is 14.1. The maximum absolute atomic E-state index is 4.89. The number of allylic oxidation sites excluding steroid dienone is 6. The summed E-state index contributed by atoms with van der Waals surface area (Å²) < 4.78 is 0. The van der Waals surface area contributed by atoms with Gasteiger partial charge in [-0.25, -0.2) is 5.01 Å². The van der Waals surface area contributed by atoms with Crippen LogP contribution in [0.1, 0.15) is 19.8 Å². The van der Waals surface area contributed by atoms with E-state index >= 15 is 0 Å². The van der Waals surface area contributed by atoms with Crippen LogP contribution in [0.25, 0.3) is 0 Å². The summed E-state index contributed by atoms with van der Waals surface area (Å²) in [5.41, 5.74) is 3.40. The maximum Gasteiger partial charge on any atom is 0.162 e. The number of amidine groups is 1. The number of rotatable bonds is 5. The Morgan fingerprint density at radius 3 is 2.71 bits per heavy atom. The lowest BCUT2D eigenvalue weighted by molar-refractivity contribution is 0.554. The first-order valence-electron chi connectivity index (χ1n) is 8.34. The van der Waals surface area contributed by atoms with Crippen LogP contribution in [0, 0.1) is 0 Å². The summed E-state index contributed by atoms with van der Waals surface area (Å²) in [6.45, 7) is 6.52. The SMILES string of the molecule is C=C/C=C\C(=C/C)C1=NN(c2ccccc2)CN1C1=CCCC=C1. The highest BCUT2D eigenvalue weighted by Crippen LogP contribution is 2.27. The third kappa shape index (κ3) is 3.40. The molecule has 0 saturated carbocycles. The monoisotopic (exact) mass is 317 g/mol. The van der Waals surface area contributed by atoms with E-state index in [1.54, 1.807) is 6.08 Å². The quantitative estimate of drug-likeness (QED) is 0.712. The molecule has 1 heterocycles. The van der Waals surface area contributed by atoms with Crippen LogP contribution in [0.2, 0.25) is 0 Å². The molecular weight excluding hydrogens is 294 g/mol. The molecule has 0 N–H and O–H groups in total. The highest BCUT2D eigenvalue weighted by atomic mass is 15.6. The van der Waals surface area contributed by atoms with E-state index < -0.39 is 0 Å². The molecule has 24 heavy (non-hydrogen) atoms. The van der Waals surface area contributed by atoms with Gasteiger partial charge in [0.1, 0.15) is 6.67 Å². The molecular formula is C21H23N3. The first-order valence-corrected chi connectivity index (χ1v) is 8.34. The van der Waals surface area contributed by atoms with Crippen molar-refractivity contribution in [3.05, 3.63) is 90.7 Å². The number of para-hydroxylation sites is 1. The highest BCUT2D eigenvalue weighted by Gasteiger charge is 2.27. The molecule has 0 spiro atoms. The Morgan fingerprint density at radius 1 is 1.21 bits per heavy atom. The number of anilines is 1. The van der Waals surface area contributed by atoms with Crippen molar-refractivity contribution in [3.8, 4) is 0 Å². The molecule has 0 saturated heterocycles. The molecule has 3 heteroatoms. The lowest BCUT2D eigenvalue weighted by atomic mass is 10.1. The fraction of sp³-hybridized carbons (Fsp3) is 0.190. The van der Waals surface area contributed by atoms with Crippen LogP contribution in [0.5, 0.6) is 0 Å². The van der Waals surface area contributed by atoms with Gasteiger partial charge in [-0.15, -0.1) is 0 Å². The Labute approximate surface area is 144 Å². The minimum absolute atomic E-state index is 0.717. The lowest BCUT2D eigenvalue weighted by Crippen LogP contribution is -2.30. The van der Waals surface area contributed by atoms with Crippen molar-refractivity contribution in [2.45, 2.75) is 19.8 Å². The average molecular weight is 317 g/mol. The predicted molar refractivity (Wildman–Crippen MR) is 103 cm³/mol. The summed E-state index contributed by atoms with van der Waals surface area (Å²) in [5, 5.41) is 6.93. The average Bonchev–Trinajstić information content (AvgIpc) is 3.09. The van der Waals surface area contributed by atoms with Crippen molar-refractivity contribution in [1.29, 1.82) is 0 Å². The van der Waals surface area contributed by atoms with Crippen LogP contribution in [-0.2, 0) is 0 Å². The first-order chi connectivity index (χ1) is 11.8. The molecule has 1 aromatic carbocycles. The summed E-state index contributed by atoms with van der Waals surface area (Å²) in [7, 11) is 0. The molecule has 0 amide bonds. The van der Waals surface area contributed by atoms with Crippen molar-refractivity contribution in [3.63, 3.8) is 0 Å². The van der Waals surface area contributed by atoms with E-state index in [1.807, 2.05) is 36.2 Å². The molecule has 1 aromatic rings. The van der Waals surface area contributed by atoms with Crippen molar-refractivity contribution in [2.24, 2.45) is 5.10 Å². The van der Waals surface area contributed by atoms with Crippen LogP contribution in [0.4, 0.5) is 5.69 Å². The second-order valence-electron chi connectivity index (χ2n) is 5.68. The number of hydrogen-bond donors (Lipinski definition) is 0. The van der Waals surface area contributed by atoms with Gasteiger partial charge >= 0.3 is 0 Å². The summed E-state index contributed by atoms with van der Waals surface area (Å²) in [6, 6.07) is 10.3. The van der Waals surface area contributed by atoms with E-state index in [9.17, 15) is 0 Å². The third-order valence-corrected chi connectivity index (χ3v) is 4.07. The van der Waals surface area contributed by atoms with Crippen molar-refractivity contribution < 1.29 is 0 Å². The van der Waals surface area contributed by atoms with Gasteiger partial charge in [-0.2, -0.15) is 5.10 Å². The van der Waals surface area contributed by atoms with Gasteiger partial charge in [0, 0.05) is 11.3 Å². The Bertz CT molecular complexity index is 736. The molecule has 1 aliphatic heterocycles. The molecule has 0 unspecified atom stereocenters. The fourth-order valence-corrected chi connectivity index (χ4v) is 2.83. The van der Waals surface area contributed by atoms with E-state index in [-0.39, 0.29) is 0 Å². The van der Waals surface area contributed by atoms with Gasteiger partial charge < -0.3 is 4.90 Å². The van der Waals surface area contributed by atoms with Gasteiger partial charge in [0.05, 0.1) is 5.69 Å². The normalized spacial score (nSPS) is 18.1. The second kappa shape index (κ2) is 7.64. The topological polar surface area (TPSA) is 18.8 Å². The third-order valence-electron chi connectivity index (χ3n) is 4.07. The molecule has 0 atom stereocenters. The van der Waals surface area contributed by atoms with Crippen LogP contribution in [-0.4, -0.2) is 17.4 Å². The van der Waals surface area contributed by atoms with Crippen LogP contribution in [0.15, 0.2) is 95.8 Å². The molecule has 0 radical (unpaired) electrons. The van der Waals surface area contributed by atoms with E-state index in [1.165, 1.54) is 5.70 Å². The predicted octanol–water partition coefficient (Wildman–Crippen LogP) is 5.00. The van der Waals surface area contributed by atoms with E-state index in [0.29, 0.717) is 0 Å². The largest absolute Gasteiger partial charge is 0.305 e. The van der Waals surface area contributed by atoms with Crippen molar-refractivity contribution in [1.82, 2.24) is 4.90 Å². The lowest BCUT2D eigenvalue weighted by Gasteiger charge is -2.24. The van der Waals surface area contributed by atoms with Gasteiger partial charge in [-0.3, -0.25) is 0 Å². The fourth-order valence-electron chi connectivity index (χ4n) is 2.83. The molecule has 122 valence electrons. The summed E-state index contributed by atoms with van der Waals surface area (Å²) in [5.74, 6) is 0.970. The Kier molecular flexibility index (Phi) is 5.12. The zero-order valence-electron chi connectivity index (χ0n) is 14.1. The summed E-state index contributed by atoms with van der Waals surface area (Å²) in [4.78, 5) is 2.27. The number of hydrogen-bond acceptors (Lipinski definition) is 3. The Balaban J connectivity index is 1.97. The first kappa shape index (κ1) is 16.1. The van der Waals surface area contributed by atoms with Gasteiger partial charge in [0.25, 0.3) is 0 Å². The van der Waals surface area contributed by atoms with Crippen molar-refractivity contribution >= 4 is 11.5 Å². The molecule has 1 aliphatic carbocycles.